The predicted molar refractivity (Wildman–Crippen MR) is 129 cm³/mol. The number of nitrogens with zero attached hydrogens (tertiary/aromatic N) is 1. The van der Waals surface area contributed by atoms with Crippen molar-refractivity contribution in [3.8, 4) is 11.8 Å². The average molecular weight is 484 g/mol. The normalized spacial score (nSPS) is 42.9. The lowest BCUT2D eigenvalue weighted by atomic mass is 9.49. The molecule has 1 aromatic carbocycles. The number of benzene rings is 1. The quantitative estimate of drug-likeness (QED) is 0.527. The standard InChI is InChI=1S/C29H38FNO4/c1-28-12-13-29(18-31)21-11-9-20(34-25-6-2-4-14-32-25)16-19(21)8-10-22(29)23(28)17-24(27(28)30)35-26-7-3-5-15-33-26/h9,11,16,22-27H,2-8,10,12-15,17H2,1H3/t22-,23-,24+,25?,26?,27-,28-,29-/m0/s1. The smallest absolute Gasteiger partial charge is 0.199 e. The van der Waals surface area contributed by atoms with Crippen molar-refractivity contribution in [1.82, 2.24) is 0 Å². The maximum absolute atomic E-state index is 15.9. The van der Waals surface area contributed by atoms with Crippen molar-refractivity contribution in [2.45, 2.75) is 108 Å². The Morgan fingerprint density at radius 1 is 1.00 bits per heavy atom. The third-order valence-corrected chi connectivity index (χ3v) is 9.82. The van der Waals surface area contributed by atoms with Crippen LogP contribution in [0.5, 0.6) is 5.75 Å². The van der Waals surface area contributed by atoms with Gasteiger partial charge in [-0.1, -0.05) is 13.0 Å². The van der Waals surface area contributed by atoms with Crippen LogP contribution in [0.4, 0.5) is 4.39 Å². The van der Waals surface area contributed by atoms with Crippen molar-refractivity contribution < 1.29 is 23.3 Å². The van der Waals surface area contributed by atoms with Crippen molar-refractivity contribution in [3.05, 3.63) is 29.3 Å². The van der Waals surface area contributed by atoms with Gasteiger partial charge in [-0.3, -0.25) is 0 Å². The van der Waals surface area contributed by atoms with E-state index in [0.717, 1.165) is 69.3 Å². The summed E-state index contributed by atoms with van der Waals surface area (Å²) in [7, 11) is 0. The molecule has 35 heavy (non-hydrogen) atoms. The second kappa shape index (κ2) is 9.32. The van der Waals surface area contributed by atoms with E-state index in [1.807, 2.05) is 6.07 Å². The van der Waals surface area contributed by atoms with E-state index in [-0.39, 0.29) is 24.4 Å². The van der Waals surface area contributed by atoms with E-state index in [2.05, 4.69) is 25.1 Å². The molecule has 2 saturated carbocycles. The van der Waals surface area contributed by atoms with E-state index in [1.165, 1.54) is 5.56 Å². The SMILES string of the molecule is C[C@]12CC[C@]3(C#N)c4ccc(OC5CCCCO5)cc4CC[C@H]3[C@@H]1C[C@@H](OC1CCCCO1)[C@@H]2F. The zero-order valence-electron chi connectivity index (χ0n) is 20.8. The predicted octanol–water partition coefficient (Wildman–Crippen LogP) is 5.99. The summed E-state index contributed by atoms with van der Waals surface area (Å²) in [6, 6.07) is 9.00. The maximum atomic E-state index is 15.9. The van der Waals surface area contributed by atoms with Crippen LogP contribution in [0, 0.1) is 28.6 Å². The molecule has 2 saturated heterocycles. The van der Waals surface area contributed by atoms with Crippen molar-refractivity contribution in [3.63, 3.8) is 0 Å². The van der Waals surface area contributed by atoms with Gasteiger partial charge in [-0.2, -0.15) is 5.26 Å². The molecule has 6 rings (SSSR count). The zero-order chi connectivity index (χ0) is 24.0. The van der Waals surface area contributed by atoms with E-state index in [9.17, 15) is 5.26 Å². The summed E-state index contributed by atoms with van der Waals surface area (Å²) in [6.07, 6.45) is 8.10. The highest BCUT2D eigenvalue weighted by molar-refractivity contribution is 5.47. The summed E-state index contributed by atoms with van der Waals surface area (Å²) in [5, 5.41) is 10.6. The van der Waals surface area contributed by atoms with Crippen LogP contribution in [0.2, 0.25) is 0 Å². The molecule has 0 bridgehead atoms. The molecule has 2 unspecified atom stereocenters. The lowest BCUT2D eigenvalue weighted by Gasteiger charge is -2.53. The molecule has 2 heterocycles. The number of ether oxygens (including phenoxy) is 4. The Bertz CT molecular complexity index is 968. The monoisotopic (exact) mass is 483 g/mol. The molecular weight excluding hydrogens is 445 g/mol. The molecule has 4 fully saturated rings. The molecule has 0 radical (unpaired) electrons. The largest absolute Gasteiger partial charge is 0.465 e. The Kier molecular flexibility index (Phi) is 6.31. The van der Waals surface area contributed by atoms with Gasteiger partial charge in [0.2, 0.25) is 0 Å². The molecule has 5 aliphatic rings. The van der Waals surface area contributed by atoms with Gasteiger partial charge in [0.15, 0.2) is 12.6 Å². The third-order valence-electron chi connectivity index (χ3n) is 9.82. The van der Waals surface area contributed by atoms with Gasteiger partial charge in [-0.05, 0) is 99.3 Å². The molecular formula is C29H38FNO4. The van der Waals surface area contributed by atoms with Gasteiger partial charge in [0.25, 0.3) is 0 Å². The summed E-state index contributed by atoms with van der Waals surface area (Å²) in [6.45, 7) is 3.55. The highest BCUT2D eigenvalue weighted by atomic mass is 19.1. The minimum atomic E-state index is -1.01. The van der Waals surface area contributed by atoms with Crippen LogP contribution >= 0.6 is 0 Å². The number of aryl methyl sites for hydroxylation is 1. The van der Waals surface area contributed by atoms with Gasteiger partial charge in [0.05, 0.1) is 24.2 Å². The first-order valence-electron chi connectivity index (χ1n) is 13.8. The number of nitriles is 1. The molecule has 0 N–H and O–H groups in total. The lowest BCUT2D eigenvalue weighted by molar-refractivity contribution is -0.199. The average Bonchev–Trinajstić information content (AvgIpc) is 3.14. The van der Waals surface area contributed by atoms with Gasteiger partial charge in [0, 0.05) is 18.4 Å². The van der Waals surface area contributed by atoms with Crippen LogP contribution in [0.1, 0.15) is 82.3 Å². The van der Waals surface area contributed by atoms with E-state index in [4.69, 9.17) is 18.9 Å². The minimum Gasteiger partial charge on any atom is -0.465 e. The molecule has 0 aromatic heterocycles. The Morgan fingerprint density at radius 2 is 1.77 bits per heavy atom. The molecule has 190 valence electrons. The second-order valence-electron chi connectivity index (χ2n) is 11.7. The summed E-state index contributed by atoms with van der Waals surface area (Å²) in [5.74, 6) is 1.11. The number of fused-ring (bicyclic) bond motifs is 5. The number of halogens is 1. The van der Waals surface area contributed by atoms with Crippen LogP contribution in [0.25, 0.3) is 0 Å². The van der Waals surface area contributed by atoms with Gasteiger partial charge < -0.3 is 18.9 Å². The Morgan fingerprint density at radius 3 is 2.49 bits per heavy atom. The van der Waals surface area contributed by atoms with Crippen molar-refractivity contribution in [2.24, 2.45) is 17.3 Å². The zero-order valence-corrected chi connectivity index (χ0v) is 20.8. The fraction of sp³-hybridized carbons (Fsp3) is 0.759. The fourth-order valence-corrected chi connectivity index (χ4v) is 7.88. The highest BCUT2D eigenvalue weighted by Crippen LogP contribution is 2.64. The van der Waals surface area contributed by atoms with Crippen molar-refractivity contribution in [2.75, 3.05) is 13.2 Å². The van der Waals surface area contributed by atoms with Gasteiger partial charge in [0.1, 0.15) is 11.9 Å². The molecule has 3 aliphatic carbocycles. The molecule has 1 aromatic rings. The second-order valence-corrected chi connectivity index (χ2v) is 11.7. The fourth-order valence-electron chi connectivity index (χ4n) is 7.88. The Labute approximate surface area is 208 Å². The number of hydrogen-bond acceptors (Lipinski definition) is 5. The van der Waals surface area contributed by atoms with E-state index < -0.39 is 23.1 Å². The van der Waals surface area contributed by atoms with Crippen molar-refractivity contribution >= 4 is 0 Å². The minimum absolute atomic E-state index is 0.138. The van der Waals surface area contributed by atoms with Crippen molar-refractivity contribution in [1.29, 1.82) is 5.26 Å². The number of hydrogen-bond donors (Lipinski definition) is 0. The Balaban J connectivity index is 1.24. The summed E-state index contributed by atoms with van der Waals surface area (Å²) < 4.78 is 39.8. The van der Waals surface area contributed by atoms with Crippen LogP contribution in [-0.2, 0) is 26.0 Å². The molecule has 2 aliphatic heterocycles. The first-order chi connectivity index (χ1) is 17.0. The van der Waals surface area contributed by atoms with E-state index in [1.54, 1.807) is 0 Å². The van der Waals surface area contributed by atoms with Gasteiger partial charge in [-0.15, -0.1) is 0 Å². The molecule has 8 atom stereocenters. The topological polar surface area (TPSA) is 60.7 Å². The van der Waals surface area contributed by atoms with E-state index in [0.29, 0.717) is 25.9 Å². The molecule has 0 spiro atoms. The maximum Gasteiger partial charge on any atom is 0.199 e. The molecule has 0 amide bonds. The van der Waals surface area contributed by atoms with Gasteiger partial charge in [-0.25, -0.2) is 4.39 Å². The third kappa shape index (κ3) is 3.99. The highest BCUT2D eigenvalue weighted by Gasteiger charge is 2.64. The first-order valence-corrected chi connectivity index (χ1v) is 13.8. The number of rotatable bonds is 4. The number of alkyl halides is 1. The van der Waals surface area contributed by atoms with E-state index >= 15 is 4.39 Å². The summed E-state index contributed by atoms with van der Waals surface area (Å²) in [5.41, 5.74) is 1.33. The van der Waals surface area contributed by atoms with Crippen LogP contribution in [-0.4, -0.2) is 38.1 Å². The lowest BCUT2D eigenvalue weighted by Crippen LogP contribution is -2.52. The molecule has 6 heteroatoms. The van der Waals surface area contributed by atoms with Crippen LogP contribution < -0.4 is 4.74 Å². The van der Waals surface area contributed by atoms with Crippen LogP contribution in [0.15, 0.2) is 18.2 Å². The van der Waals surface area contributed by atoms with Gasteiger partial charge >= 0.3 is 0 Å². The molecule has 5 nitrogen and oxygen atoms in total. The van der Waals surface area contributed by atoms with Crippen LogP contribution in [0.3, 0.4) is 0 Å². The first kappa shape index (κ1) is 23.7. The summed E-state index contributed by atoms with van der Waals surface area (Å²) in [4.78, 5) is 0. The summed E-state index contributed by atoms with van der Waals surface area (Å²) >= 11 is 0. The Hall–Kier alpha value is -1.68.